The molecule has 3 rings (SSSR count). The Balaban J connectivity index is 1.89. The molecule has 1 aliphatic rings. The fourth-order valence-electron chi connectivity index (χ4n) is 2.41. The number of thiazole rings is 1. The molecule has 0 saturated heterocycles. The lowest BCUT2D eigenvalue weighted by Crippen LogP contribution is -2.02. The van der Waals surface area contributed by atoms with Gasteiger partial charge in [0.1, 0.15) is 5.71 Å². The highest BCUT2D eigenvalue weighted by Gasteiger charge is 2.16. The van der Waals surface area contributed by atoms with Crippen molar-refractivity contribution in [2.45, 2.75) is 13.0 Å². The molecule has 0 spiro atoms. The molecule has 2 aromatic rings. The van der Waals surface area contributed by atoms with Gasteiger partial charge >= 0.3 is 0 Å². The quantitative estimate of drug-likeness (QED) is 0.629. The van der Waals surface area contributed by atoms with E-state index in [2.05, 4.69) is 10.2 Å². The predicted octanol–water partition coefficient (Wildman–Crippen LogP) is 3.89. The Kier molecular flexibility index (Phi) is 5.34. The average Bonchev–Trinajstić information content (AvgIpc) is 3.16. The molecule has 1 aliphatic heterocycles. The topological polar surface area (TPSA) is 59.1 Å². The van der Waals surface area contributed by atoms with Crippen LogP contribution in [-0.4, -0.2) is 35.3 Å². The molecular formula is C17H17N3O2S2. The van der Waals surface area contributed by atoms with E-state index >= 15 is 0 Å². The van der Waals surface area contributed by atoms with Crippen molar-refractivity contribution in [2.24, 2.45) is 10.2 Å². The summed E-state index contributed by atoms with van der Waals surface area (Å²) in [5, 5.41) is 18.7. The highest BCUT2D eigenvalue weighted by atomic mass is 32.1. The van der Waals surface area contributed by atoms with Crippen LogP contribution in [-0.2, 0) is 11.3 Å². The Morgan fingerprint density at radius 1 is 1.33 bits per heavy atom. The summed E-state index contributed by atoms with van der Waals surface area (Å²) >= 11 is 6.74. The third kappa shape index (κ3) is 3.53. The van der Waals surface area contributed by atoms with Gasteiger partial charge < -0.3 is 9.84 Å². The maximum atomic E-state index is 10.5. The number of hydrogen-bond donors (Lipinski definition) is 1. The normalized spacial score (nSPS) is 15.2. The van der Waals surface area contributed by atoms with Gasteiger partial charge in [-0.05, 0) is 24.7 Å². The van der Waals surface area contributed by atoms with Gasteiger partial charge in [0.05, 0.1) is 11.1 Å². The summed E-state index contributed by atoms with van der Waals surface area (Å²) in [6.45, 7) is 1.26. The minimum absolute atomic E-state index is 0.182. The van der Waals surface area contributed by atoms with Crippen LogP contribution in [0.3, 0.4) is 0 Å². The van der Waals surface area contributed by atoms with Gasteiger partial charge in [0, 0.05) is 31.4 Å². The Morgan fingerprint density at radius 3 is 2.88 bits per heavy atom. The maximum absolute atomic E-state index is 10.5. The summed E-state index contributed by atoms with van der Waals surface area (Å²) in [5.41, 5.74) is 2.64. The van der Waals surface area contributed by atoms with Crippen molar-refractivity contribution in [1.29, 1.82) is 0 Å². The molecule has 1 aromatic heterocycles. The van der Waals surface area contributed by atoms with Crippen molar-refractivity contribution in [3.63, 3.8) is 0 Å². The third-order valence-corrected chi connectivity index (χ3v) is 4.97. The number of aromatic hydroxyl groups is 1. The van der Waals surface area contributed by atoms with Crippen molar-refractivity contribution < 1.29 is 9.84 Å². The predicted molar refractivity (Wildman–Crippen MR) is 101 cm³/mol. The molecule has 0 saturated carbocycles. The van der Waals surface area contributed by atoms with Crippen molar-refractivity contribution >= 4 is 41.6 Å². The lowest BCUT2D eigenvalue weighted by molar-refractivity contribution is 0.189. The van der Waals surface area contributed by atoms with E-state index in [0.29, 0.717) is 22.0 Å². The van der Waals surface area contributed by atoms with Crippen LogP contribution in [0.25, 0.3) is 6.08 Å². The molecule has 124 valence electrons. The minimum atomic E-state index is 0.182. The number of hydrogen-bond acceptors (Lipinski definition) is 6. The molecule has 2 heterocycles. The van der Waals surface area contributed by atoms with E-state index in [1.165, 1.54) is 11.3 Å². The Bertz CT molecular complexity index is 864. The van der Waals surface area contributed by atoms with Gasteiger partial charge in [-0.25, -0.2) is 0 Å². The SMILES string of the molecule is COCCCn1c(O)c(/C=C2\C=NN=C2c2ccccc2)sc1=S. The third-order valence-electron chi connectivity index (χ3n) is 3.59. The number of aromatic nitrogens is 1. The second-order valence-corrected chi connectivity index (χ2v) is 6.89. The van der Waals surface area contributed by atoms with Gasteiger partial charge in [0.15, 0.2) is 3.95 Å². The van der Waals surface area contributed by atoms with Crippen LogP contribution in [0.4, 0.5) is 0 Å². The van der Waals surface area contributed by atoms with Crippen LogP contribution in [0.2, 0.25) is 0 Å². The molecule has 24 heavy (non-hydrogen) atoms. The number of benzene rings is 1. The van der Waals surface area contributed by atoms with Gasteiger partial charge in [0.2, 0.25) is 5.88 Å². The van der Waals surface area contributed by atoms with E-state index < -0.39 is 0 Å². The fourth-order valence-corrected chi connectivity index (χ4v) is 3.72. The smallest absolute Gasteiger partial charge is 0.210 e. The zero-order valence-electron chi connectivity index (χ0n) is 13.2. The molecule has 0 fully saturated rings. The molecule has 0 atom stereocenters. The van der Waals surface area contributed by atoms with Crippen molar-refractivity contribution in [3.8, 4) is 5.88 Å². The van der Waals surface area contributed by atoms with Crippen molar-refractivity contribution in [3.05, 3.63) is 50.3 Å². The molecule has 0 unspecified atom stereocenters. The number of allylic oxidation sites excluding steroid dienone is 1. The number of ether oxygens (including phenoxy) is 1. The molecule has 7 heteroatoms. The molecule has 0 aliphatic carbocycles. The molecular weight excluding hydrogens is 342 g/mol. The van der Waals surface area contributed by atoms with Crippen LogP contribution in [0.5, 0.6) is 5.88 Å². The van der Waals surface area contributed by atoms with E-state index in [-0.39, 0.29) is 5.88 Å². The van der Waals surface area contributed by atoms with E-state index in [1.54, 1.807) is 17.9 Å². The summed E-state index contributed by atoms with van der Waals surface area (Å²) < 4.78 is 7.43. The molecule has 0 radical (unpaired) electrons. The molecule has 1 aromatic carbocycles. The summed E-state index contributed by atoms with van der Waals surface area (Å²) in [6, 6.07) is 9.85. The number of methoxy groups -OCH3 is 1. The molecule has 1 N–H and O–H groups in total. The van der Waals surface area contributed by atoms with Crippen LogP contribution in [0, 0.1) is 3.95 Å². The standard InChI is InChI=1S/C17H17N3O2S2/c1-22-9-5-8-20-16(21)14(24-17(20)23)10-13-11-18-19-15(13)12-6-3-2-4-7-12/h2-4,6-7,10-11,21H,5,8-9H2,1H3/b13-10+. The van der Waals surface area contributed by atoms with Gasteiger partial charge in [0.25, 0.3) is 0 Å². The van der Waals surface area contributed by atoms with E-state index in [0.717, 1.165) is 23.3 Å². The largest absolute Gasteiger partial charge is 0.493 e. The first-order valence-electron chi connectivity index (χ1n) is 7.50. The first-order valence-corrected chi connectivity index (χ1v) is 8.73. The van der Waals surface area contributed by atoms with Crippen LogP contribution in [0.1, 0.15) is 16.9 Å². The van der Waals surface area contributed by atoms with Crippen LogP contribution in [0.15, 0.2) is 46.1 Å². The zero-order chi connectivity index (χ0) is 16.9. The summed E-state index contributed by atoms with van der Waals surface area (Å²) in [4.78, 5) is 0.712. The van der Waals surface area contributed by atoms with Crippen LogP contribution < -0.4 is 0 Å². The van der Waals surface area contributed by atoms with E-state index in [4.69, 9.17) is 17.0 Å². The maximum Gasteiger partial charge on any atom is 0.210 e. The first kappa shape index (κ1) is 16.8. The fraction of sp³-hybridized carbons (Fsp3) is 0.235. The second kappa shape index (κ2) is 7.65. The van der Waals surface area contributed by atoms with E-state index in [9.17, 15) is 5.11 Å². The van der Waals surface area contributed by atoms with Gasteiger partial charge in [-0.2, -0.15) is 5.10 Å². The minimum Gasteiger partial charge on any atom is -0.493 e. The lowest BCUT2D eigenvalue weighted by Gasteiger charge is -2.04. The van der Waals surface area contributed by atoms with Crippen LogP contribution >= 0.6 is 23.6 Å². The first-order chi connectivity index (χ1) is 11.7. The molecule has 0 bridgehead atoms. The Hall–Kier alpha value is -2.09. The van der Waals surface area contributed by atoms with Gasteiger partial charge in [-0.3, -0.25) is 4.57 Å². The Labute approximate surface area is 149 Å². The van der Waals surface area contributed by atoms with E-state index in [1.807, 2.05) is 36.4 Å². The highest BCUT2D eigenvalue weighted by Crippen LogP contribution is 2.29. The van der Waals surface area contributed by atoms with Gasteiger partial charge in [-0.1, -0.05) is 30.3 Å². The van der Waals surface area contributed by atoms with Crippen molar-refractivity contribution in [2.75, 3.05) is 13.7 Å². The lowest BCUT2D eigenvalue weighted by atomic mass is 10.0. The summed E-state index contributed by atoms with van der Waals surface area (Å²) in [7, 11) is 1.66. The number of nitrogens with zero attached hydrogens (tertiary/aromatic N) is 3. The second-order valence-electron chi connectivity index (χ2n) is 5.21. The zero-order valence-corrected chi connectivity index (χ0v) is 14.8. The molecule has 5 nitrogen and oxygen atoms in total. The van der Waals surface area contributed by atoms with Gasteiger partial charge in [-0.15, -0.1) is 16.4 Å². The summed E-state index contributed by atoms with van der Waals surface area (Å²) in [6.07, 6.45) is 4.37. The Morgan fingerprint density at radius 2 is 2.12 bits per heavy atom. The van der Waals surface area contributed by atoms with Crippen molar-refractivity contribution in [1.82, 2.24) is 4.57 Å². The summed E-state index contributed by atoms with van der Waals surface area (Å²) in [5.74, 6) is 0.182. The monoisotopic (exact) mass is 359 g/mol. The average molecular weight is 359 g/mol. The number of rotatable bonds is 6. The molecule has 0 amide bonds. The highest BCUT2D eigenvalue weighted by molar-refractivity contribution is 7.73.